The molecule has 0 saturated heterocycles. The van der Waals surface area contributed by atoms with Crippen LogP contribution in [0.5, 0.6) is 0 Å². The largest absolute Gasteiger partial charge is 0.397 e. The highest BCUT2D eigenvalue weighted by molar-refractivity contribution is 5.94. The number of H-pyrrole nitrogens is 1. The average Bonchev–Trinajstić information content (AvgIpc) is 2.45. The number of benzene rings is 1. The minimum atomic E-state index is 0.586. The molecule has 0 bridgehead atoms. The molecule has 0 aliphatic carbocycles. The Morgan fingerprint density at radius 1 is 1.18 bits per heavy atom. The summed E-state index contributed by atoms with van der Waals surface area (Å²) in [6.07, 6.45) is 0. The Hall–Kier alpha value is -1.78. The summed E-state index contributed by atoms with van der Waals surface area (Å²) >= 11 is 0. The van der Waals surface area contributed by atoms with Crippen LogP contribution >= 0.6 is 0 Å². The summed E-state index contributed by atoms with van der Waals surface area (Å²) in [7, 11) is 0. The van der Waals surface area contributed by atoms with Crippen molar-refractivity contribution in [1.82, 2.24) is 15.4 Å². The van der Waals surface area contributed by atoms with Gasteiger partial charge in [0.15, 0.2) is 0 Å². The number of hydrogen-bond donors (Lipinski definition) is 3. The highest BCUT2D eigenvalue weighted by Gasteiger charge is 2.03. The first-order valence-corrected chi connectivity index (χ1v) is 3.14. The summed E-state index contributed by atoms with van der Waals surface area (Å²) in [5.74, 6) is 0. The third-order valence-electron chi connectivity index (χ3n) is 1.55. The quantitative estimate of drug-likeness (QED) is 0.464. The monoisotopic (exact) mass is 149 g/mol. The molecule has 0 radical (unpaired) electrons. The van der Waals surface area contributed by atoms with Crippen molar-refractivity contribution < 1.29 is 0 Å². The number of aromatic amines is 1. The SMILES string of the molecule is Nc1ccc(N)c2[nH]nnc12. The van der Waals surface area contributed by atoms with Crippen LogP contribution in [0.3, 0.4) is 0 Å². The molecule has 5 heteroatoms. The molecule has 5 nitrogen and oxygen atoms in total. The number of nitrogen functional groups attached to an aromatic ring is 2. The van der Waals surface area contributed by atoms with E-state index in [2.05, 4.69) is 15.4 Å². The number of nitrogens with zero attached hydrogens (tertiary/aromatic N) is 2. The summed E-state index contributed by atoms with van der Waals surface area (Å²) < 4.78 is 0. The Morgan fingerprint density at radius 2 is 1.91 bits per heavy atom. The van der Waals surface area contributed by atoms with Crippen molar-refractivity contribution in [2.24, 2.45) is 0 Å². The lowest BCUT2D eigenvalue weighted by atomic mass is 10.2. The first-order chi connectivity index (χ1) is 5.29. The van der Waals surface area contributed by atoms with Gasteiger partial charge in [0.05, 0.1) is 11.4 Å². The highest BCUT2D eigenvalue weighted by Crippen LogP contribution is 2.21. The topological polar surface area (TPSA) is 93.6 Å². The fourth-order valence-electron chi connectivity index (χ4n) is 0.973. The molecular formula is C6H7N5. The zero-order chi connectivity index (χ0) is 7.84. The third kappa shape index (κ3) is 0.706. The van der Waals surface area contributed by atoms with Crippen molar-refractivity contribution >= 4 is 22.4 Å². The van der Waals surface area contributed by atoms with Gasteiger partial charge in [0.1, 0.15) is 11.0 Å². The van der Waals surface area contributed by atoms with Crippen LogP contribution in [0.2, 0.25) is 0 Å². The molecule has 0 spiro atoms. The number of nitrogens with two attached hydrogens (primary N) is 2. The maximum Gasteiger partial charge on any atom is 0.137 e. The van der Waals surface area contributed by atoms with Gasteiger partial charge in [0.25, 0.3) is 0 Å². The molecule has 0 atom stereocenters. The summed E-state index contributed by atoms with van der Waals surface area (Å²) in [6, 6.07) is 3.43. The van der Waals surface area contributed by atoms with Gasteiger partial charge >= 0.3 is 0 Å². The molecule has 2 rings (SSSR count). The maximum absolute atomic E-state index is 5.60. The van der Waals surface area contributed by atoms with E-state index in [9.17, 15) is 0 Å². The summed E-state index contributed by atoms with van der Waals surface area (Å²) in [5.41, 5.74) is 13.7. The van der Waals surface area contributed by atoms with Gasteiger partial charge in [-0.25, -0.2) is 0 Å². The highest BCUT2D eigenvalue weighted by atomic mass is 15.3. The van der Waals surface area contributed by atoms with E-state index in [1.807, 2.05) is 0 Å². The van der Waals surface area contributed by atoms with E-state index in [-0.39, 0.29) is 0 Å². The van der Waals surface area contributed by atoms with Crippen LogP contribution in [-0.2, 0) is 0 Å². The lowest BCUT2D eigenvalue weighted by molar-refractivity contribution is 0.960. The Bertz CT molecular complexity index is 355. The average molecular weight is 149 g/mol. The van der Waals surface area contributed by atoms with E-state index in [1.165, 1.54) is 0 Å². The van der Waals surface area contributed by atoms with Gasteiger partial charge in [-0.3, -0.25) is 5.10 Å². The minimum Gasteiger partial charge on any atom is -0.397 e. The number of aromatic nitrogens is 3. The molecule has 1 heterocycles. The van der Waals surface area contributed by atoms with Gasteiger partial charge in [-0.05, 0) is 12.1 Å². The Balaban J connectivity index is 2.96. The predicted molar refractivity (Wildman–Crippen MR) is 42.7 cm³/mol. The zero-order valence-electron chi connectivity index (χ0n) is 5.70. The van der Waals surface area contributed by atoms with Crippen molar-refractivity contribution in [3.05, 3.63) is 12.1 Å². The van der Waals surface area contributed by atoms with Crippen molar-refractivity contribution in [3.63, 3.8) is 0 Å². The second kappa shape index (κ2) is 1.85. The smallest absolute Gasteiger partial charge is 0.137 e. The molecule has 1 aromatic carbocycles. The van der Waals surface area contributed by atoms with E-state index in [0.717, 1.165) is 0 Å². The molecule has 0 unspecified atom stereocenters. The summed E-state index contributed by atoms with van der Waals surface area (Å²) in [5, 5.41) is 10.0. The van der Waals surface area contributed by atoms with Crippen molar-refractivity contribution in [2.75, 3.05) is 11.5 Å². The van der Waals surface area contributed by atoms with Crippen LogP contribution in [0.4, 0.5) is 11.4 Å². The van der Waals surface area contributed by atoms with Crippen molar-refractivity contribution in [1.29, 1.82) is 0 Å². The number of anilines is 2. The molecule has 0 amide bonds. The molecule has 0 saturated carbocycles. The fourth-order valence-corrected chi connectivity index (χ4v) is 0.973. The predicted octanol–water partition coefficient (Wildman–Crippen LogP) is 0.122. The van der Waals surface area contributed by atoms with Crippen molar-refractivity contribution in [3.8, 4) is 0 Å². The van der Waals surface area contributed by atoms with Gasteiger partial charge < -0.3 is 11.5 Å². The first kappa shape index (κ1) is 5.96. The third-order valence-corrected chi connectivity index (χ3v) is 1.55. The van der Waals surface area contributed by atoms with Crippen LogP contribution < -0.4 is 11.5 Å². The zero-order valence-corrected chi connectivity index (χ0v) is 5.70. The van der Waals surface area contributed by atoms with Crippen molar-refractivity contribution in [2.45, 2.75) is 0 Å². The number of rotatable bonds is 0. The van der Waals surface area contributed by atoms with Gasteiger partial charge in [-0.1, -0.05) is 5.21 Å². The number of hydrogen-bond acceptors (Lipinski definition) is 4. The second-order valence-electron chi connectivity index (χ2n) is 2.28. The molecule has 0 aliphatic rings. The van der Waals surface area contributed by atoms with Gasteiger partial charge in [-0.2, -0.15) is 0 Å². The Morgan fingerprint density at radius 3 is 2.64 bits per heavy atom. The van der Waals surface area contributed by atoms with Gasteiger partial charge in [0.2, 0.25) is 0 Å². The minimum absolute atomic E-state index is 0.586. The van der Waals surface area contributed by atoms with Crippen LogP contribution in [-0.4, -0.2) is 15.4 Å². The summed E-state index contributed by atoms with van der Waals surface area (Å²) in [6.45, 7) is 0. The molecular weight excluding hydrogens is 142 g/mol. The Labute approximate surface area is 62.4 Å². The Kier molecular flexibility index (Phi) is 1.00. The van der Waals surface area contributed by atoms with E-state index in [4.69, 9.17) is 11.5 Å². The van der Waals surface area contributed by atoms with Crippen LogP contribution in [0.15, 0.2) is 12.1 Å². The van der Waals surface area contributed by atoms with Crippen LogP contribution in [0.1, 0.15) is 0 Å². The summed E-state index contributed by atoms with van der Waals surface area (Å²) in [4.78, 5) is 0. The number of fused-ring (bicyclic) bond motifs is 1. The molecule has 11 heavy (non-hydrogen) atoms. The van der Waals surface area contributed by atoms with Crippen LogP contribution in [0.25, 0.3) is 11.0 Å². The van der Waals surface area contributed by atoms with E-state index in [0.29, 0.717) is 22.4 Å². The first-order valence-electron chi connectivity index (χ1n) is 3.14. The maximum atomic E-state index is 5.60. The molecule has 0 aliphatic heterocycles. The molecule has 2 aromatic rings. The van der Waals surface area contributed by atoms with Crippen LogP contribution in [0, 0.1) is 0 Å². The lowest BCUT2D eigenvalue weighted by Crippen LogP contribution is -1.90. The standard InChI is InChI=1S/C6H7N5/c7-3-1-2-4(8)6-5(3)9-11-10-6/h1-2H,7-8H2,(H,9,10,11). The molecule has 56 valence electrons. The molecule has 1 aromatic heterocycles. The molecule has 5 N–H and O–H groups in total. The number of nitrogens with one attached hydrogen (secondary N) is 1. The van der Waals surface area contributed by atoms with E-state index in [1.54, 1.807) is 12.1 Å². The van der Waals surface area contributed by atoms with E-state index < -0.39 is 0 Å². The van der Waals surface area contributed by atoms with Gasteiger partial charge in [-0.15, -0.1) is 5.10 Å². The second-order valence-corrected chi connectivity index (χ2v) is 2.28. The lowest BCUT2D eigenvalue weighted by Gasteiger charge is -1.95. The fraction of sp³-hybridized carbons (Fsp3) is 0. The molecule has 0 fully saturated rings. The van der Waals surface area contributed by atoms with E-state index >= 15 is 0 Å². The van der Waals surface area contributed by atoms with Gasteiger partial charge in [0, 0.05) is 0 Å². The normalized spacial score (nSPS) is 10.5.